The Bertz CT molecular complexity index is 1550. The van der Waals surface area contributed by atoms with E-state index in [2.05, 4.69) is 20.0 Å². The van der Waals surface area contributed by atoms with Crippen molar-refractivity contribution < 1.29 is 32.9 Å². The minimum atomic E-state index is -0.752. The third kappa shape index (κ3) is 6.68. The predicted molar refractivity (Wildman–Crippen MR) is 164 cm³/mol. The van der Waals surface area contributed by atoms with Crippen LogP contribution in [0.1, 0.15) is 33.6 Å². The van der Waals surface area contributed by atoms with Crippen molar-refractivity contribution in [3.8, 4) is 22.8 Å². The fourth-order valence-electron chi connectivity index (χ4n) is 6.22. The van der Waals surface area contributed by atoms with Crippen LogP contribution in [-0.4, -0.2) is 89.5 Å². The average Bonchev–Trinajstić information content (AvgIpc) is 2.97. The molecule has 0 aliphatic carbocycles. The topological polar surface area (TPSA) is 127 Å². The van der Waals surface area contributed by atoms with Crippen LogP contribution in [0.3, 0.4) is 0 Å². The van der Waals surface area contributed by atoms with E-state index in [-0.39, 0.29) is 35.7 Å². The van der Waals surface area contributed by atoms with Gasteiger partial charge in [-0.25, -0.2) is 13.6 Å². The molecule has 3 aliphatic heterocycles. The number of nitrogens with zero attached hydrogens (tertiary/aromatic N) is 5. The number of nitrogens with two attached hydrogens (primary N) is 1. The normalized spacial score (nSPS) is 20.7. The Morgan fingerprint density at radius 1 is 1.04 bits per heavy atom. The lowest BCUT2D eigenvalue weighted by atomic mass is 10.0. The highest BCUT2D eigenvalue weighted by Crippen LogP contribution is 2.37. The lowest BCUT2D eigenvalue weighted by Crippen LogP contribution is -2.65. The lowest BCUT2D eigenvalue weighted by Gasteiger charge is -2.51. The zero-order valence-electron chi connectivity index (χ0n) is 25.6. The standard InChI is InChI=1S/C32H38F2N6O5/c1-32(2,3)45-31(42)38-9-7-23(8-10-38)44-24-12-19(33)11-20(13-24)40-21-15-39(16-22(40)18-43-17-21)28-14-27(36-37-30(28)35)25-5-4-6-26(34)29(25)41/h4-6,11-14,21-23,41H,7-10,15-18H2,1-3H3,(H2,35,37)/t21-,22-/m1/s1. The Hall–Kier alpha value is -4.39. The van der Waals surface area contributed by atoms with Crippen molar-refractivity contribution >= 4 is 23.3 Å². The van der Waals surface area contributed by atoms with Crippen molar-refractivity contribution in [2.45, 2.75) is 57.4 Å². The molecular formula is C32H38F2N6O5. The summed E-state index contributed by atoms with van der Waals surface area (Å²) < 4.78 is 46.6. The number of likely N-dealkylation sites (tertiary alicyclic amines) is 1. The van der Waals surface area contributed by atoms with Gasteiger partial charge >= 0.3 is 6.09 Å². The first kappa shape index (κ1) is 30.6. The highest BCUT2D eigenvalue weighted by atomic mass is 19.1. The van der Waals surface area contributed by atoms with Crippen molar-refractivity contribution in [3.63, 3.8) is 0 Å². The molecule has 1 aromatic heterocycles. The number of benzene rings is 2. The monoisotopic (exact) mass is 624 g/mol. The van der Waals surface area contributed by atoms with E-state index in [1.54, 1.807) is 17.0 Å². The number of piperazine rings is 1. The van der Waals surface area contributed by atoms with Gasteiger partial charge in [0.2, 0.25) is 0 Å². The fraction of sp³-hybridized carbons (Fsp3) is 0.469. The highest BCUT2D eigenvalue weighted by Gasteiger charge is 2.39. The van der Waals surface area contributed by atoms with Crippen LogP contribution in [0.2, 0.25) is 0 Å². The van der Waals surface area contributed by atoms with Crippen LogP contribution < -0.4 is 20.3 Å². The van der Waals surface area contributed by atoms with Gasteiger partial charge in [-0.15, -0.1) is 10.2 Å². The second kappa shape index (κ2) is 12.2. The molecule has 2 aromatic carbocycles. The number of piperidine rings is 1. The Morgan fingerprint density at radius 3 is 2.44 bits per heavy atom. The zero-order chi connectivity index (χ0) is 31.9. The third-order valence-corrected chi connectivity index (χ3v) is 8.22. The summed E-state index contributed by atoms with van der Waals surface area (Å²) in [5, 5.41) is 18.4. The average molecular weight is 625 g/mol. The molecule has 11 nitrogen and oxygen atoms in total. The molecule has 45 heavy (non-hydrogen) atoms. The van der Waals surface area contributed by atoms with E-state index < -0.39 is 23.0 Å². The summed E-state index contributed by atoms with van der Waals surface area (Å²) >= 11 is 0. The van der Waals surface area contributed by atoms with E-state index in [9.17, 15) is 14.3 Å². The largest absolute Gasteiger partial charge is 0.504 e. The highest BCUT2D eigenvalue weighted by molar-refractivity contribution is 5.74. The van der Waals surface area contributed by atoms with Gasteiger partial charge in [0.1, 0.15) is 23.3 Å². The van der Waals surface area contributed by atoms with Gasteiger partial charge in [-0.05, 0) is 45.0 Å². The summed E-state index contributed by atoms with van der Waals surface area (Å²) in [6, 6.07) is 10.4. The van der Waals surface area contributed by atoms with Crippen molar-refractivity contribution in [2.75, 3.05) is 54.9 Å². The molecule has 2 bridgehead atoms. The Morgan fingerprint density at radius 2 is 1.76 bits per heavy atom. The van der Waals surface area contributed by atoms with Gasteiger partial charge < -0.3 is 39.8 Å². The van der Waals surface area contributed by atoms with Crippen molar-refractivity contribution in [1.82, 2.24) is 15.1 Å². The quantitative estimate of drug-likeness (QED) is 0.417. The molecule has 3 fully saturated rings. The Balaban J connectivity index is 1.16. The number of rotatable bonds is 5. The van der Waals surface area contributed by atoms with Crippen molar-refractivity contribution in [3.05, 3.63) is 54.1 Å². The first-order valence-corrected chi connectivity index (χ1v) is 15.1. The zero-order valence-corrected chi connectivity index (χ0v) is 25.6. The molecule has 0 unspecified atom stereocenters. The lowest BCUT2D eigenvalue weighted by molar-refractivity contribution is 0.0126. The van der Waals surface area contributed by atoms with Crippen LogP contribution in [-0.2, 0) is 9.47 Å². The number of anilines is 3. The Labute approximate surface area is 260 Å². The molecule has 240 valence electrons. The molecule has 4 heterocycles. The van der Waals surface area contributed by atoms with E-state index in [0.717, 1.165) is 0 Å². The van der Waals surface area contributed by atoms with Crippen LogP contribution in [0.15, 0.2) is 42.5 Å². The van der Waals surface area contributed by atoms with Crippen molar-refractivity contribution in [2.24, 2.45) is 0 Å². The van der Waals surface area contributed by atoms with Gasteiger partial charge in [0.05, 0.1) is 36.7 Å². The van der Waals surface area contributed by atoms with Gasteiger partial charge in [0.25, 0.3) is 0 Å². The van der Waals surface area contributed by atoms with Gasteiger partial charge in [0.15, 0.2) is 17.4 Å². The van der Waals surface area contributed by atoms with Gasteiger partial charge in [0, 0.05) is 62.4 Å². The number of para-hydroxylation sites is 1. The summed E-state index contributed by atoms with van der Waals surface area (Å²) in [5.74, 6) is -1.02. The number of carbonyl (C=O) groups excluding carboxylic acids is 1. The van der Waals surface area contributed by atoms with Crippen LogP contribution in [0.25, 0.3) is 11.3 Å². The first-order valence-electron chi connectivity index (χ1n) is 15.1. The summed E-state index contributed by atoms with van der Waals surface area (Å²) in [7, 11) is 0. The molecule has 3 aliphatic rings. The number of hydrogen-bond donors (Lipinski definition) is 2. The van der Waals surface area contributed by atoms with E-state index >= 15 is 4.39 Å². The number of hydrogen-bond acceptors (Lipinski definition) is 10. The number of ether oxygens (including phenoxy) is 3. The van der Waals surface area contributed by atoms with Crippen molar-refractivity contribution in [1.29, 1.82) is 0 Å². The van der Waals surface area contributed by atoms with E-state index in [1.807, 2.05) is 26.8 Å². The number of carbonyl (C=O) groups is 1. The SMILES string of the molecule is CC(C)(C)OC(=O)N1CCC(Oc2cc(F)cc(N3[C@H]4COC[C@H]3CN(c3cc(-c5cccc(F)c5O)nnc3N)C4)c2)CC1. The summed E-state index contributed by atoms with van der Waals surface area (Å²) in [6.07, 6.45) is 0.723. The first-order chi connectivity index (χ1) is 21.4. The van der Waals surface area contributed by atoms with E-state index in [0.29, 0.717) is 75.1 Å². The smallest absolute Gasteiger partial charge is 0.410 e. The summed E-state index contributed by atoms with van der Waals surface area (Å²) in [6.45, 7) is 8.34. The number of halogens is 2. The number of morpholine rings is 1. The summed E-state index contributed by atoms with van der Waals surface area (Å²) in [5.41, 5.74) is 7.51. The van der Waals surface area contributed by atoms with Crippen LogP contribution in [0, 0.1) is 11.6 Å². The molecule has 0 spiro atoms. The van der Waals surface area contributed by atoms with Gasteiger partial charge in [-0.3, -0.25) is 0 Å². The third-order valence-electron chi connectivity index (χ3n) is 8.22. The number of aromatic hydroxyl groups is 1. The van der Waals surface area contributed by atoms with Crippen LogP contribution >= 0.6 is 0 Å². The molecule has 3 saturated heterocycles. The predicted octanol–water partition coefficient (Wildman–Crippen LogP) is 4.58. The summed E-state index contributed by atoms with van der Waals surface area (Å²) in [4.78, 5) is 18.4. The fourth-order valence-corrected chi connectivity index (χ4v) is 6.22. The number of nitrogen functional groups attached to an aromatic ring is 1. The number of fused-ring (bicyclic) bond motifs is 2. The number of amides is 1. The number of phenols is 1. The van der Waals surface area contributed by atoms with Gasteiger partial charge in [-0.1, -0.05) is 6.07 Å². The second-order valence-corrected chi connectivity index (χ2v) is 12.7. The molecule has 0 radical (unpaired) electrons. The van der Waals surface area contributed by atoms with Crippen LogP contribution in [0.5, 0.6) is 11.5 Å². The van der Waals surface area contributed by atoms with Gasteiger partial charge in [-0.2, -0.15) is 0 Å². The van der Waals surface area contributed by atoms with Crippen LogP contribution in [0.4, 0.5) is 30.8 Å². The molecule has 13 heteroatoms. The molecule has 3 N–H and O–H groups in total. The van der Waals surface area contributed by atoms with E-state index in [1.165, 1.54) is 24.3 Å². The molecule has 6 rings (SSSR count). The van der Waals surface area contributed by atoms with E-state index in [4.69, 9.17) is 19.9 Å². The maximum Gasteiger partial charge on any atom is 0.410 e. The minimum absolute atomic E-state index is 0.136. The number of phenolic OH excluding ortho intramolecular Hbond substituents is 1. The maximum atomic E-state index is 15.0. The Kier molecular flexibility index (Phi) is 8.29. The molecule has 0 saturated carbocycles. The molecule has 2 atom stereocenters. The molecule has 1 amide bonds. The molecular weight excluding hydrogens is 586 g/mol. The molecule has 3 aromatic rings. The second-order valence-electron chi connectivity index (χ2n) is 12.7. The maximum absolute atomic E-state index is 15.0. The number of aromatic nitrogens is 2. The minimum Gasteiger partial charge on any atom is -0.504 e.